The van der Waals surface area contributed by atoms with Crippen molar-refractivity contribution < 1.29 is 4.79 Å². The molecule has 2 heterocycles. The Labute approximate surface area is 214 Å². The Hall–Kier alpha value is -4.39. The van der Waals surface area contributed by atoms with E-state index >= 15 is 0 Å². The summed E-state index contributed by atoms with van der Waals surface area (Å²) in [5, 5.41) is 0.780. The fourth-order valence-electron chi connectivity index (χ4n) is 5.02. The van der Waals surface area contributed by atoms with Crippen LogP contribution in [-0.4, -0.2) is 31.1 Å². The molecule has 188 valence electrons. The van der Waals surface area contributed by atoms with Crippen molar-refractivity contribution in [3.05, 3.63) is 110 Å². The van der Waals surface area contributed by atoms with Gasteiger partial charge in [0.2, 0.25) is 5.91 Å². The quantitative estimate of drug-likeness (QED) is 0.353. The highest BCUT2D eigenvalue weighted by Gasteiger charge is 2.24. The fraction of sp³-hybridized carbons (Fsp3) is 0.233. The van der Waals surface area contributed by atoms with Gasteiger partial charge >= 0.3 is 5.69 Å². The van der Waals surface area contributed by atoms with Crippen molar-refractivity contribution in [2.75, 3.05) is 6.54 Å². The fourth-order valence-corrected chi connectivity index (χ4v) is 5.02. The summed E-state index contributed by atoms with van der Waals surface area (Å²) >= 11 is 0. The van der Waals surface area contributed by atoms with Crippen molar-refractivity contribution in [3.63, 3.8) is 0 Å². The molecular formula is C30H30N4O3. The molecule has 0 aliphatic heterocycles. The van der Waals surface area contributed by atoms with Crippen LogP contribution >= 0.6 is 0 Å². The number of aryl methyl sites for hydroxylation is 3. The summed E-state index contributed by atoms with van der Waals surface area (Å²) in [7, 11) is 1.83. The zero-order chi connectivity index (χ0) is 26.3. The normalized spacial score (nSPS) is 11.4. The molecule has 1 amide bonds. The number of fused-ring (bicyclic) bond motifs is 3. The number of benzene rings is 3. The second kappa shape index (κ2) is 9.58. The highest BCUT2D eigenvalue weighted by molar-refractivity contribution is 6.06. The van der Waals surface area contributed by atoms with Gasteiger partial charge in [-0.05, 0) is 56.2 Å². The average molecular weight is 495 g/mol. The van der Waals surface area contributed by atoms with Crippen LogP contribution in [0.3, 0.4) is 0 Å². The molecule has 7 heteroatoms. The van der Waals surface area contributed by atoms with Crippen LogP contribution in [0.25, 0.3) is 27.6 Å². The number of aromatic nitrogens is 3. The van der Waals surface area contributed by atoms with Gasteiger partial charge < -0.3 is 9.47 Å². The van der Waals surface area contributed by atoms with Crippen molar-refractivity contribution in [2.45, 2.75) is 33.9 Å². The minimum absolute atomic E-state index is 0.171. The van der Waals surface area contributed by atoms with Crippen LogP contribution in [0.4, 0.5) is 0 Å². The van der Waals surface area contributed by atoms with E-state index < -0.39 is 11.2 Å². The lowest BCUT2D eigenvalue weighted by Crippen LogP contribution is -2.43. The number of carbonyl (C=O) groups is 1. The first kappa shape index (κ1) is 24.3. The molecule has 0 saturated heterocycles. The second-order valence-corrected chi connectivity index (χ2v) is 9.52. The highest BCUT2D eigenvalue weighted by atomic mass is 16.2. The monoisotopic (exact) mass is 494 g/mol. The number of rotatable bonds is 6. The molecule has 7 nitrogen and oxygen atoms in total. The lowest BCUT2D eigenvalue weighted by atomic mass is 10.1. The van der Waals surface area contributed by atoms with Crippen LogP contribution in [0.5, 0.6) is 0 Å². The molecule has 5 rings (SSSR count). The van der Waals surface area contributed by atoms with E-state index in [-0.39, 0.29) is 12.5 Å². The predicted molar refractivity (Wildman–Crippen MR) is 147 cm³/mol. The van der Waals surface area contributed by atoms with Crippen molar-refractivity contribution in [3.8, 4) is 5.69 Å². The van der Waals surface area contributed by atoms with Gasteiger partial charge in [0.15, 0.2) is 0 Å². The molecule has 0 atom stereocenters. The molecular weight excluding hydrogens is 464 g/mol. The van der Waals surface area contributed by atoms with Gasteiger partial charge in [-0.1, -0.05) is 54.1 Å². The van der Waals surface area contributed by atoms with Crippen LogP contribution in [0.2, 0.25) is 0 Å². The molecule has 0 N–H and O–H groups in total. The zero-order valence-electron chi connectivity index (χ0n) is 21.6. The minimum Gasteiger partial charge on any atom is -0.338 e. The summed E-state index contributed by atoms with van der Waals surface area (Å²) in [5.41, 5.74) is 4.22. The summed E-state index contributed by atoms with van der Waals surface area (Å²) < 4.78 is 4.47. The summed E-state index contributed by atoms with van der Waals surface area (Å²) in [4.78, 5) is 43.2. The van der Waals surface area contributed by atoms with Gasteiger partial charge in [-0.25, -0.2) is 9.36 Å². The van der Waals surface area contributed by atoms with Crippen molar-refractivity contribution in [1.82, 2.24) is 18.6 Å². The third-order valence-electron chi connectivity index (χ3n) is 6.93. The van der Waals surface area contributed by atoms with Gasteiger partial charge in [0.1, 0.15) is 12.1 Å². The molecule has 0 fully saturated rings. The van der Waals surface area contributed by atoms with Gasteiger partial charge in [0, 0.05) is 25.5 Å². The number of hydrogen-bond acceptors (Lipinski definition) is 3. The van der Waals surface area contributed by atoms with E-state index in [4.69, 9.17) is 0 Å². The Morgan fingerprint density at radius 1 is 0.865 bits per heavy atom. The standard InChI is InChI=1S/C30H30N4O3/c1-5-32(18-22-11-7-6-8-12-22)26(35)19-33-27-24-17-21(3)14-15-25(24)31(4)28(27)29(36)34(30(33)37)23-13-9-10-20(2)16-23/h6-17H,5,18-19H2,1-4H3. The van der Waals surface area contributed by atoms with Gasteiger partial charge in [0.05, 0.1) is 16.7 Å². The van der Waals surface area contributed by atoms with Crippen molar-refractivity contribution in [2.24, 2.45) is 7.05 Å². The third-order valence-corrected chi connectivity index (χ3v) is 6.93. The van der Waals surface area contributed by atoms with E-state index in [0.29, 0.717) is 29.8 Å². The topological polar surface area (TPSA) is 69.2 Å². The first-order valence-corrected chi connectivity index (χ1v) is 12.4. The lowest BCUT2D eigenvalue weighted by molar-refractivity contribution is -0.132. The molecule has 0 aliphatic rings. The van der Waals surface area contributed by atoms with Crippen molar-refractivity contribution >= 4 is 27.8 Å². The van der Waals surface area contributed by atoms with Gasteiger partial charge in [-0.3, -0.25) is 14.2 Å². The molecule has 0 saturated carbocycles. The van der Waals surface area contributed by atoms with Crippen LogP contribution in [0, 0.1) is 13.8 Å². The van der Waals surface area contributed by atoms with E-state index in [1.807, 2.05) is 93.0 Å². The number of nitrogens with zero attached hydrogens (tertiary/aromatic N) is 4. The Balaban J connectivity index is 1.75. The van der Waals surface area contributed by atoms with E-state index in [1.165, 1.54) is 9.13 Å². The van der Waals surface area contributed by atoms with Gasteiger partial charge in [-0.15, -0.1) is 0 Å². The third kappa shape index (κ3) is 4.27. The van der Waals surface area contributed by atoms with Gasteiger partial charge in [0.25, 0.3) is 5.56 Å². The second-order valence-electron chi connectivity index (χ2n) is 9.52. The number of likely N-dealkylation sites (N-methyl/N-ethyl adjacent to an activating group) is 1. The molecule has 0 spiro atoms. The van der Waals surface area contributed by atoms with Crippen LogP contribution in [-0.2, 0) is 24.9 Å². The predicted octanol–water partition coefficient (Wildman–Crippen LogP) is 4.31. The number of hydrogen-bond donors (Lipinski definition) is 0. The molecule has 3 aromatic carbocycles. The summed E-state index contributed by atoms with van der Waals surface area (Å²) in [5.74, 6) is -0.186. The molecule has 5 aromatic rings. The Morgan fingerprint density at radius 3 is 2.30 bits per heavy atom. The van der Waals surface area contributed by atoms with Crippen LogP contribution < -0.4 is 11.2 Å². The first-order valence-electron chi connectivity index (χ1n) is 12.4. The lowest BCUT2D eigenvalue weighted by Gasteiger charge is -2.22. The molecule has 0 radical (unpaired) electrons. The van der Waals surface area contributed by atoms with E-state index in [0.717, 1.165) is 27.6 Å². The van der Waals surface area contributed by atoms with Crippen molar-refractivity contribution in [1.29, 1.82) is 0 Å². The van der Waals surface area contributed by atoms with E-state index in [2.05, 4.69) is 0 Å². The zero-order valence-corrected chi connectivity index (χ0v) is 21.6. The maximum Gasteiger partial charge on any atom is 0.336 e. The highest BCUT2D eigenvalue weighted by Crippen LogP contribution is 2.27. The summed E-state index contributed by atoms with van der Waals surface area (Å²) in [6.45, 7) is 6.58. The Bertz CT molecular complexity index is 1760. The SMILES string of the molecule is CCN(Cc1ccccc1)C(=O)Cn1c(=O)n(-c2cccc(C)c2)c(=O)c2c1c1cc(C)ccc1n2C. The van der Waals surface area contributed by atoms with Crippen LogP contribution in [0.15, 0.2) is 82.4 Å². The number of amides is 1. The molecule has 0 bridgehead atoms. The Morgan fingerprint density at radius 2 is 1.59 bits per heavy atom. The van der Waals surface area contributed by atoms with Crippen LogP contribution in [0.1, 0.15) is 23.6 Å². The molecule has 0 aliphatic carbocycles. The molecule has 2 aromatic heterocycles. The molecule has 37 heavy (non-hydrogen) atoms. The Kier molecular flexibility index (Phi) is 6.29. The number of carbonyl (C=O) groups excluding carboxylic acids is 1. The van der Waals surface area contributed by atoms with Gasteiger partial charge in [-0.2, -0.15) is 0 Å². The summed E-state index contributed by atoms with van der Waals surface area (Å²) in [6, 6.07) is 23.0. The first-order chi connectivity index (χ1) is 17.8. The van der Waals surface area contributed by atoms with E-state index in [9.17, 15) is 14.4 Å². The smallest absolute Gasteiger partial charge is 0.336 e. The average Bonchev–Trinajstić information content (AvgIpc) is 3.17. The largest absolute Gasteiger partial charge is 0.338 e. The summed E-state index contributed by atoms with van der Waals surface area (Å²) in [6.07, 6.45) is 0. The molecule has 0 unspecified atom stereocenters. The van der Waals surface area contributed by atoms with E-state index in [1.54, 1.807) is 17.0 Å². The maximum absolute atomic E-state index is 14.0. The maximum atomic E-state index is 14.0. The minimum atomic E-state index is -0.527.